The predicted molar refractivity (Wildman–Crippen MR) is 220 cm³/mol. The number of hydrogen-bond donors (Lipinski definition) is 1. The van der Waals surface area contributed by atoms with Gasteiger partial charge < -0.3 is 43.3 Å². The van der Waals surface area contributed by atoms with Crippen LogP contribution in [0.25, 0.3) is 0 Å². The lowest BCUT2D eigenvalue weighted by Gasteiger charge is -2.33. The van der Waals surface area contributed by atoms with Crippen molar-refractivity contribution in [2.45, 2.75) is 127 Å². The van der Waals surface area contributed by atoms with Crippen molar-refractivity contribution in [2.75, 3.05) is 85.6 Å². The van der Waals surface area contributed by atoms with Gasteiger partial charge in [0.05, 0.1) is 77.6 Å². The highest BCUT2D eigenvalue weighted by Gasteiger charge is 2.34. The molecule has 1 N–H and O–H groups in total. The number of esters is 1. The number of amides is 2. The Morgan fingerprint density at radius 2 is 1.02 bits per heavy atom. The van der Waals surface area contributed by atoms with Crippen LogP contribution in [-0.2, 0) is 52.6 Å². The lowest BCUT2D eigenvalue weighted by atomic mass is 9.85. The largest absolute Gasteiger partial charge is 0.462 e. The molecule has 0 bridgehead atoms. The van der Waals surface area contributed by atoms with Crippen molar-refractivity contribution in [1.82, 2.24) is 9.80 Å². The van der Waals surface area contributed by atoms with Crippen molar-refractivity contribution in [3.8, 4) is 36.2 Å². The Labute approximate surface area is 357 Å². The summed E-state index contributed by atoms with van der Waals surface area (Å²) in [6, 6.07) is 0. The van der Waals surface area contributed by atoms with Crippen molar-refractivity contribution in [2.24, 2.45) is 23.7 Å². The van der Waals surface area contributed by atoms with E-state index in [0.29, 0.717) is 143 Å². The summed E-state index contributed by atoms with van der Waals surface area (Å²) in [4.78, 5) is 55.2. The molecule has 1 saturated heterocycles. The molecule has 1 aliphatic heterocycles. The molecule has 5 aliphatic rings. The first-order chi connectivity index (χ1) is 29.4. The van der Waals surface area contributed by atoms with E-state index in [2.05, 4.69) is 29.8 Å². The maximum atomic E-state index is 13.7. The van der Waals surface area contributed by atoms with E-state index < -0.39 is 0 Å². The number of rotatable bonds is 9. The van der Waals surface area contributed by atoms with Gasteiger partial charge in [-0.15, -0.1) is 6.42 Å². The van der Waals surface area contributed by atoms with E-state index in [4.69, 9.17) is 44.6 Å². The molecule has 4 saturated carbocycles. The van der Waals surface area contributed by atoms with E-state index in [1.54, 1.807) is 0 Å². The first-order valence-electron chi connectivity index (χ1n) is 22.6. The van der Waals surface area contributed by atoms with Crippen LogP contribution in [0.15, 0.2) is 0 Å². The zero-order valence-corrected chi connectivity index (χ0v) is 35.5. The molecule has 0 aromatic carbocycles. The Balaban J connectivity index is 0.948. The lowest BCUT2D eigenvalue weighted by Crippen LogP contribution is -2.43. The van der Waals surface area contributed by atoms with Gasteiger partial charge in [0, 0.05) is 49.9 Å². The van der Waals surface area contributed by atoms with Gasteiger partial charge in [-0.1, -0.05) is 0 Å². The molecule has 2 amide bonds. The van der Waals surface area contributed by atoms with Gasteiger partial charge in [0.15, 0.2) is 0 Å². The van der Waals surface area contributed by atoms with Crippen LogP contribution in [0.4, 0.5) is 0 Å². The topological polar surface area (TPSA) is 152 Å². The number of carbonyl (C=O) groups excluding carboxylic acids is 3. The van der Waals surface area contributed by atoms with Crippen LogP contribution in [0.5, 0.6) is 0 Å². The second kappa shape index (κ2) is 27.5. The molecule has 1 heterocycles. The number of aliphatic hydroxyl groups is 1. The van der Waals surface area contributed by atoms with Gasteiger partial charge in [-0.3, -0.25) is 14.4 Å². The molecule has 5 fully saturated rings. The predicted octanol–water partition coefficient (Wildman–Crippen LogP) is 4.06. The highest BCUT2D eigenvalue weighted by molar-refractivity contribution is 5.79. The summed E-state index contributed by atoms with van der Waals surface area (Å²) in [7, 11) is 0. The van der Waals surface area contributed by atoms with Gasteiger partial charge in [-0.2, -0.15) is 0 Å². The molecule has 0 aromatic heterocycles. The first-order valence-corrected chi connectivity index (χ1v) is 22.6. The van der Waals surface area contributed by atoms with Crippen LogP contribution < -0.4 is 0 Å². The average molecular weight is 841 g/mol. The molecule has 0 radical (unpaired) electrons. The van der Waals surface area contributed by atoms with E-state index in [0.717, 1.165) is 51.4 Å². The first kappa shape index (κ1) is 47.7. The summed E-state index contributed by atoms with van der Waals surface area (Å²) in [6.45, 7) is 5.43. The van der Waals surface area contributed by atoms with Gasteiger partial charge >= 0.3 is 5.97 Å². The molecule has 0 unspecified atom stereocenters. The van der Waals surface area contributed by atoms with Crippen LogP contribution in [0.1, 0.15) is 103 Å². The molecule has 5 rings (SSSR count). The minimum atomic E-state index is -0.310. The second-order valence-electron chi connectivity index (χ2n) is 16.8. The summed E-state index contributed by atoms with van der Waals surface area (Å²) >= 11 is 0. The van der Waals surface area contributed by atoms with Crippen molar-refractivity contribution in [3.05, 3.63) is 0 Å². The van der Waals surface area contributed by atoms with E-state index in [1.807, 2.05) is 9.80 Å². The van der Waals surface area contributed by atoms with Gasteiger partial charge in [0.25, 0.3) is 0 Å². The molecule has 60 heavy (non-hydrogen) atoms. The van der Waals surface area contributed by atoms with Crippen LogP contribution in [0.3, 0.4) is 0 Å². The zero-order chi connectivity index (χ0) is 42.2. The second-order valence-corrected chi connectivity index (χ2v) is 16.8. The van der Waals surface area contributed by atoms with Gasteiger partial charge in [0.1, 0.15) is 18.3 Å². The Hall–Kier alpha value is -3.39. The highest BCUT2D eigenvalue weighted by Crippen LogP contribution is 2.32. The molecule has 0 spiro atoms. The molecule has 14 heteroatoms. The molecule has 0 aromatic rings. The summed E-state index contributed by atoms with van der Waals surface area (Å²) in [5.74, 6) is 9.94. The number of ether oxygens (including phenoxy) is 6. The summed E-state index contributed by atoms with van der Waals surface area (Å²) in [5.41, 5.74) is 0. The highest BCUT2D eigenvalue weighted by atomic mass is 17.2. The summed E-state index contributed by atoms with van der Waals surface area (Å²) < 4.78 is 34.9. The van der Waals surface area contributed by atoms with Crippen molar-refractivity contribution >= 4 is 17.8 Å². The van der Waals surface area contributed by atoms with Crippen LogP contribution in [0, 0.1) is 59.9 Å². The SMILES string of the molecule is C#CC#CC#COC1CCC(COOC2CCC(C(=O)N3CCOCCOCCN(C(=O)C4CCC(OC(=O)C5CCC(O)CC5)CC4)CCOCCOCC3)CC2)CC1. The number of nitrogens with zero attached hydrogens (tertiary/aromatic N) is 2. The van der Waals surface area contributed by atoms with Crippen LogP contribution in [-0.4, -0.2) is 143 Å². The quantitative estimate of drug-likeness (QED) is 0.154. The smallest absolute Gasteiger partial charge is 0.309 e. The fraction of sp³-hybridized carbons (Fsp3) is 0.804. The molecule has 0 atom stereocenters. The third kappa shape index (κ3) is 17.2. The van der Waals surface area contributed by atoms with Gasteiger partial charge in [-0.25, -0.2) is 9.78 Å². The van der Waals surface area contributed by atoms with E-state index >= 15 is 0 Å². The maximum Gasteiger partial charge on any atom is 0.309 e. The number of terminal acetylenes is 1. The van der Waals surface area contributed by atoms with E-state index in [-0.39, 0.29) is 60.0 Å². The Kier molecular flexibility index (Phi) is 21.9. The third-order valence-electron chi connectivity index (χ3n) is 12.5. The third-order valence-corrected chi connectivity index (χ3v) is 12.5. The monoisotopic (exact) mass is 840 g/mol. The van der Waals surface area contributed by atoms with Crippen LogP contribution >= 0.6 is 0 Å². The maximum absolute atomic E-state index is 13.7. The summed E-state index contributed by atoms with van der Waals surface area (Å²) in [5, 5.41) is 9.76. The van der Waals surface area contributed by atoms with Crippen molar-refractivity contribution < 1.29 is 57.7 Å². The minimum absolute atomic E-state index is 0.0211. The van der Waals surface area contributed by atoms with Gasteiger partial charge in [-0.05, 0) is 120 Å². The number of aliphatic hydroxyl groups excluding tert-OH is 1. The Morgan fingerprint density at radius 1 is 0.550 bits per heavy atom. The van der Waals surface area contributed by atoms with Crippen molar-refractivity contribution in [3.63, 3.8) is 0 Å². The Bertz CT molecular complexity index is 1430. The average Bonchev–Trinajstić information content (AvgIpc) is 3.27. The number of hydrogen-bond acceptors (Lipinski definition) is 12. The van der Waals surface area contributed by atoms with Crippen LogP contribution in [0.2, 0.25) is 0 Å². The van der Waals surface area contributed by atoms with Gasteiger partial charge in [0.2, 0.25) is 11.8 Å². The lowest BCUT2D eigenvalue weighted by molar-refractivity contribution is -0.335. The molecule has 4 aliphatic carbocycles. The summed E-state index contributed by atoms with van der Waals surface area (Å²) in [6.07, 6.45) is 19.5. The van der Waals surface area contributed by atoms with E-state index in [1.165, 1.54) is 0 Å². The van der Waals surface area contributed by atoms with E-state index in [9.17, 15) is 19.5 Å². The normalized spacial score (nSPS) is 30.7. The zero-order valence-electron chi connectivity index (χ0n) is 35.5. The fourth-order valence-corrected chi connectivity index (χ4v) is 8.78. The Morgan fingerprint density at radius 3 is 1.52 bits per heavy atom. The number of carbonyl (C=O) groups is 3. The van der Waals surface area contributed by atoms with Crippen molar-refractivity contribution in [1.29, 1.82) is 0 Å². The molecular weight excluding hydrogens is 773 g/mol. The standard InChI is InChI=1S/C46H68N2O12/c1-2-3-4-5-26-57-41-16-6-36(7-17-41)35-58-60-43-20-12-38(13-21-43)45(51)48-24-29-55-33-31-53-27-22-47(23-28-54-32-34-56-30-25-48)44(50)37-10-18-42(19-11-37)59-46(52)39-8-14-40(49)15-9-39/h1,36-43,49H,6-25,27-35H2. The minimum Gasteiger partial charge on any atom is -0.462 e. The molecule has 14 nitrogen and oxygen atoms in total. The molecule has 334 valence electrons. The fourth-order valence-electron chi connectivity index (χ4n) is 8.78. The molecular formula is C46H68N2O12.